The fourth-order valence-electron chi connectivity index (χ4n) is 6.70. The first kappa shape index (κ1) is 24.4. The van der Waals surface area contributed by atoms with Gasteiger partial charge in [-0.2, -0.15) is 11.8 Å². The molecule has 0 radical (unpaired) electrons. The van der Waals surface area contributed by atoms with Crippen molar-refractivity contribution in [3.8, 4) is 27.9 Å². The van der Waals surface area contributed by atoms with Gasteiger partial charge in [-0.3, -0.25) is 0 Å². The molecule has 9 rings (SSSR count). The van der Waals surface area contributed by atoms with Crippen LogP contribution in [0.1, 0.15) is 11.1 Å². The highest BCUT2D eigenvalue weighted by Crippen LogP contribution is 2.42. The third kappa shape index (κ3) is 3.75. The van der Waals surface area contributed by atoms with Gasteiger partial charge in [0.1, 0.15) is 11.2 Å². The topological polar surface area (TPSA) is 22.4 Å². The van der Waals surface area contributed by atoms with Crippen LogP contribution in [-0.4, -0.2) is 4.57 Å². The molecule has 0 spiro atoms. The maximum absolute atomic E-state index is 7.55. The summed E-state index contributed by atoms with van der Waals surface area (Å²) in [5.41, 5.74) is 13.6. The van der Waals surface area contributed by atoms with Crippen molar-refractivity contribution in [2.75, 3.05) is 0 Å². The van der Waals surface area contributed by atoms with Crippen molar-refractivity contribution in [1.29, 1.82) is 0 Å². The molecule has 0 unspecified atom stereocenters. The number of furan rings is 1. The van der Waals surface area contributed by atoms with E-state index in [1.54, 1.807) is 0 Å². The summed E-state index contributed by atoms with van der Waals surface area (Å²) in [5.74, 6) is 1.97. The fraction of sp³-hybridized carbons (Fsp3) is 0.0513. The van der Waals surface area contributed by atoms with Gasteiger partial charge < -0.3 is 8.98 Å². The number of para-hydroxylation sites is 2. The van der Waals surface area contributed by atoms with Crippen LogP contribution < -0.4 is 0 Å². The second kappa shape index (κ2) is 9.39. The first-order valence-electron chi connectivity index (χ1n) is 14.4. The van der Waals surface area contributed by atoms with Crippen molar-refractivity contribution in [3.05, 3.63) is 144 Å². The summed E-state index contributed by atoms with van der Waals surface area (Å²) in [6.07, 6.45) is 0. The van der Waals surface area contributed by atoms with Gasteiger partial charge >= 0.3 is 0 Å². The van der Waals surface area contributed by atoms with Gasteiger partial charge in [0, 0.05) is 33.4 Å². The largest absolute Gasteiger partial charge is 0.456 e. The minimum Gasteiger partial charge on any atom is -0.456 e. The number of hydrogen-bond acceptors (Lipinski definition) is 2. The molecule has 8 aromatic rings. The highest BCUT2D eigenvalue weighted by atomic mass is 32.2. The average molecular weight is 569 g/mol. The van der Waals surface area contributed by atoms with Crippen molar-refractivity contribution in [3.63, 3.8) is 0 Å². The number of fused-ring (bicyclic) bond motifs is 9. The molecular formula is C39H24N2OS. The van der Waals surface area contributed by atoms with Crippen LogP contribution in [0.25, 0.3) is 76.5 Å². The Bertz CT molecular complexity index is 2460. The second-order valence-corrected chi connectivity index (χ2v) is 12.2. The Morgan fingerprint density at radius 3 is 2.16 bits per heavy atom. The third-order valence-corrected chi connectivity index (χ3v) is 9.79. The predicted molar refractivity (Wildman–Crippen MR) is 180 cm³/mol. The summed E-state index contributed by atoms with van der Waals surface area (Å²) >= 11 is 1.97. The molecule has 0 fully saturated rings. The quantitative estimate of drug-likeness (QED) is 0.194. The Kier molecular flexibility index (Phi) is 5.32. The normalized spacial score (nSPS) is 12.8. The molecule has 6 aromatic carbocycles. The fourth-order valence-corrected chi connectivity index (χ4v) is 7.74. The molecule has 0 bridgehead atoms. The maximum Gasteiger partial charge on any atom is 0.188 e. The van der Waals surface area contributed by atoms with Crippen LogP contribution in [0.4, 0.5) is 5.69 Å². The minimum atomic E-state index is 0.664. The van der Waals surface area contributed by atoms with Crippen molar-refractivity contribution in [1.82, 2.24) is 4.57 Å². The lowest BCUT2D eigenvalue weighted by atomic mass is 9.92. The van der Waals surface area contributed by atoms with Crippen LogP contribution >= 0.6 is 11.8 Å². The van der Waals surface area contributed by atoms with Gasteiger partial charge in [0.15, 0.2) is 5.69 Å². The molecule has 0 aliphatic carbocycles. The average Bonchev–Trinajstić information content (AvgIpc) is 3.53. The van der Waals surface area contributed by atoms with Crippen molar-refractivity contribution >= 4 is 61.2 Å². The Balaban J connectivity index is 1.23. The molecule has 202 valence electrons. The predicted octanol–water partition coefficient (Wildman–Crippen LogP) is 11.3. The number of hydrogen-bond donors (Lipinski definition) is 0. The summed E-state index contributed by atoms with van der Waals surface area (Å²) in [6.45, 7) is 7.55. The number of aromatic nitrogens is 1. The molecule has 1 aliphatic rings. The summed E-state index contributed by atoms with van der Waals surface area (Å²) in [6, 6.07) is 43.2. The van der Waals surface area contributed by atoms with Crippen molar-refractivity contribution < 1.29 is 4.42 Å². The van der Waals surface area contributed by atoms with E-state index in [2.05, 4.69) is 106 Å². The molecule has 0 saturated carbocycles. The van der Waals surface area contributed by atoms with E-state index in [-0.39, 0.29) is 0 Å². The molecule has 43 heavy (non-hydrogen) atoms. The summed E-state index contributed by atoms with van der Waals surface area (Å²) in [4.78, 5) is 3.70. The van der Waals surface area contributed by atoms with Gasteiger partial charge in [-0.1, -0.05) is 66.7 Å². The molecule has 2 aromatic heterocycles. The smallest absolute Gasteiger partial charge is 0.188 e. The Hall–Kier alpha value is -5.24. The lowest BCUT2D eigenvalue weighted by molar-refractivity contribution is 0.669. The van der Waals surface area contributed by atoms with E-state index in [0.717, 1.165) is 55.6 Å². The van der Waals surface area contributed by atoms with Gasteiger partial charge in [0.05, 0.1) is 17.6 Å². The molecule has 0 amide bonds. The standard InChI is InChI=1S/C39H24N2OS/c1-40-28-14-16-37-34(20-28)30-6-2-4-8-36(30)41(37)29-15-12-27-23-43-22-26-11-10-24(18-32(26)33(27)21-29)25-13-17-39-35(19-25)31-7-3-5-9-38(31)42-39/h2-21H,22-23H2. The molecular weight excluding hydrogens is 545 g/mol. The number of rotatable bonds is 2. The molecule has 0 N–H and O–H groups in total. The minimum absolute atomic E-state index is 0.664. The van der Waals surface area contributed by atoms with Gasteiger partial charge in [-0.05, 0) is 93.4 Å². The first-order chi connectivity index (χ1) is 21.2. The van der Waals surface area contributed by atoms with Crippen LogP contribution in [0.2, 0.25) is 0 Å². The van der Waals surface area contributed by atoms with E-state index in [9.17, 15) is 0 Å². The van der Waals surface area contributed by atoms with E-state index in [1.165, 1.54) is 38.8 Å². The zero-order valence-electron chi connectivity index (χ0n) is 23.2. The van der Waals surface area contributed by atoms with Crippen LogP contribution in [0.5, 0.6) is 0 Å². The van der Waals surface area contributed by atoms with Gasteiger partial charge in [-0.15, -0.1) is 0 Å². The van der Waals surface area contributed by atoms with Gasteiger partial charge in [-0.25, -0.2) is 4.85 Å². The highest BCUT2D eigenvalue weighted by Gasteiger charge is 2.19. The highest BCUT2D eigenvalue weighted by molar-refractivity contribution is 7.97. The molecule has 0 saturated heterocycles. The lowest BCUT2D eigenvalue weighted by Crippen LogP contribution is -1.97. The van der Waals surface area contributed by atoms with Crippen LogP contribution in [-0.2, 0) is 11.5 Å². The second-order valence-electron chi connectivity index (χ2n) is 11.2. The van der Waals surface area contributed by atoms with Gasteiger partial charge in [0.25, 0.3) is 0 Å². The lowest BCUT2D eigenvalue weighted by Gasteiger charge is -2.15. The summed E-state index contributed by atoms with van der Waals surface area (Å²) in [7, 11) is 0. The maximum atomic E-state index is 7.55. The van der Waals surface area contributed by atoms with E-state index in [4.69, 9.17) is 11.0 Å². The zero-order chi connectivity index (χ0) is 28.5. The van der Waals surface area contributed by atoms with E-state index >= 15 is 0 Å². The Morgan fingerprint density at radius 2 is 1.28 bits per heavy atom. The van der Waals surface area contributed by atoms with Crippen LogP contribution in [0.3, 0.4) is 0 Å². The monoisotopic (exact) mass is 568 g/mol. The Labute approximate surface area is 252 Å². The summed E-state index contributed by atoms with van der Waals surface area (Å²) < 4.78 is 8.45. The van der Waals surface area contributed by atoms with Crippen LogP contribution in [0.15, 0.2) is 126 Å². The molecule has 1 aliphatic heterocycles. The summed E-state index contributed by atoms with van der Waals surface area (Å²) in [5, 5.41) is 4.57. The number of benzene rings is 6. The SMILES string of the molecule is [C-]#[N+]c1ccc2c(c1)c1ccccc1n2-c1ccc2c(c1)-c1cc(-c3ccc4oc5ccccc5c4c3)ccc1CSC2. The molecule has 3 nitrogen and oxygen atoms in total. The molecule has 4 heteroatoms. The van der Waals surface area contributed by atoms with E-state index in [0.29, 0.717) is 5.69 Å². The van der Waals surface area contributed by atoms with Crippen molar-refractivity contribution in [2.45, 2.75) is 11.5 Å². The van der Waals surface area contributed by atoms with E-state index in [1.807, 2.05) is 36.0 Å². The van der Waals surface area contributed by atoms with Crippen molar-refractivity contribution in [2.24, 2.45) is 0 Å². The number of thioether (sulfide) groups is 1. The van der Waals surface area contributed by atoms with Gasteiger partial charge in [0.2, 0.25) is 0 Å². The first-order valence-corrected chi connectivity index (χ1v) is 15.6. The van der Waals surface area contributed by atoms with E-state index < -0.39 is 0 Å². The zero-order valence-corrected chi connectivity index (χ0v) is 24.0. The Morgan fingerprint density at radius 1 is 0.581 bits per heavy atom. The molecule has 3 heterocycles. The number of nitrogens with zero attached hydrogens (tertiary/aromatic N) is 2. The third-order valence-electron chi connectivity index (χ3n) is 8.76. The molecule has 0 atom stereocenters. The van der Waals surface area contributed by atoms with Crippen LogP contribution in [0, 0.1) is 6.57 Å².